The number of halogens is 1. The number of amides is 2. The Bertz CT molecular complexity index is 636. The molecule has 4 nitrogen and oxygen atoms in total. The summed E-state index contributed by atoms with van der Waals surface area (Å²) in [5.41, 5.74) is 5.32. The lowest BCUT2D eigenvalue weighted by Gasteiger charge is -2.34. The van der Waals surface area contributed by atoms with Crippen LogP contribution in [-0.2, 0) is 9.59 Å². The number of hydrogen-bond donors (Lipinski definition) is 1. The molecule has 0 bridgehead atoms. The molecule has 1 aliphatic heterocycles. The molecule has 0 radical (unpaired) electrons. The van der Waals surface area contributed by atoms with Gasteiger partial charge in [0.1, 0.15) is 5.82 Å². The fraction of sp³-hybridized carbons (Fsp3) is 0.375. The molecule has 2 rings (SSSR count). The third-order valence-electron chi connectivity index (χ3n) is 3.28. The third-order valence-corrected chi connectivity index (χ3v) is 3.28. The first-order chi connectivity index (χ1) is 9.84. The highest BCUT2D eigenvalue weighted by molar-refractivity contribution is 6.17. The number of carbonyl (C=O) groups is 2. The molecular weight excluding hydrogens is 271 g/mol. The van der Waals surface area contributed by atoms with Gasteiger partial charge in [0, 0.05) is 18.4 Å². The molecule has 1 aliphatic rings. The Morgan fingerprint density at radius 2 is 1.90 bits per heavy atom. The zero-order chi connectivity index (χ0) is 15.6. The molecule has 0 saturated carbocycles. The van der Waals surface area contributed by atoms with Gasteiger partial charge in [-0.05, 0) is 23.6 Å². The SMILES string of the molecule is CC1(C)CC(=O)N(c2ccc(C#CCN)cc2F)C(=O)C1. The summed E-state index contributed by atoms with van der Waals surface area (Å²) >= 11 is 0. The maximum absolute atomic E-state index is 14.2. The summed E-state index contributed by atoms with van der Waals surface area (Å²) in [6.45, 7) is 3.88. The molecule has 1 saturated heterocycles. The zero-order valence-electron chi connectivity index (χ0n) is 12.1. The second kappa shape index (κ2) is 5.66. The molecule has 110 valence electrons. The molecule has 5 heteroatoms. The van der Waals surface area contributed by atoms with Crippen LogP contribution in [-0.4, -0.2) is 18.4 Å². The van der Waals surface area contributed by atoms with E-state index in [2.05, 4.69) is 11.8 Å². The minimum absolute atomic E-state index is 0.0150. The minimum atomic E-state index is -0.639. The zero-order valence-corrected chi connectivity index (χ0v) is 12.1. The smallest absolute Gasteiger partial charge is 0.234 e. The van der Waals surface area contributed by atoms with E-state index in [0.717, 1.165) is 4.90 Å². The van der Waals surface area contributed by atoms with Crippen LogP contribution in [0.15, 0.2) is 18.2 Å². The van der Waals surface area contributed by atoms with Crippen molar-refractivity contribution in [1.29, 1.82) is 0 Å². The van der Waals surface area contributed by atoms with E-state index in [0.29, 0.717) is 5.56 Å². The first-order valence-corrected chi connectivity index (χ1v) is 6.68. The van der Waals surface area contributed by atoms with E-state index in [9.17, 15) is 14.0 Å². The van der Waals surface area contributed by atoms with E-state index in [1.165, 1.54) is 12.1 Å². The Morgan fingerprint density at radius 1 is 1.29 bits per heavy atom. The maximum atomic E-state index is 14.2. The van der Waals surface area contributed by atoms with Gasteiger partial charge >= 0.3 is 0 Å². The van der Waals surface area contributed by atoms with Crippen molar-refractivity contribution < 1.29 is 14.0 Å². The Hall–Kier alpha value is -2.19. The van der Waals surface area contributed by atoms with Crippen LogP contribution in [0.25, 0.3) is 0 Å². The van der Waals surface area contributed by atoms with Gasteiger partial charge in [-0.15, -0.1) is 0 Å². The number of nitrogens with zero attached hydrogens (tertiary/aromatic N) is 1. The van der Waals surface area contributed by atoms with Crippen molar-refractivity contribution in [3.63, 3.8) is 0 Å². The topological polar surface area (TPSA) is 63.4 Å². The number of piperidine rings is 1. The van der Waals surface area contributed by atoms with Crippen LogP contribution in [0.4, 0.5) is 10.1 Å². The van der Waals surface area contributed by atoms with Crippen molar-refractivity contribution in [1.82, 2.24) is 0 Å². The molecule has 0 aromatic heterocycles. The summed E-state index contributed by atoms with van der Waals surface area (Å²) in [6, 6.07) is 4.18. The number of anilines is 1. The Morgan fingerprint density at radius 3 is 2.43 bits per heavy atom. The fourth-order valence-corrected chi connectivity index (χ4v) is 2.37. The van der Waals surface area contributed by atoms with Gasteiger partial charge < -0.3 is 5.73 Å². The lowest BCUT2D eigenvalue weighted by atomic mass is 9.81. The molecular formula is C16H17FN2O2. The first kappa shape index (κ1) is 15.2. The number of rotatable bonds is 1. The number of benzene rings is 1. The molecule has 2 amide bonds. The summed E-state index contributed by atoms with van der Waals surface area (Å²) in [5.74, 6) is 3.93. The predicted octanol–water partition coefficient (Wildman–Crippen LogP) is 1.82. The molecule has 1 aromatic rings. The monoisotopic (exact) mass is 288 g/mol. The van der Waals surface area contributed by atoms with Gasteiger partial charge in [-0.2, -0.15) is 0 Å². The van der Waals surface area contributed by atoms with Gasteiger partial charge in [-0.3, -0.25) is 9.59 Å². The van der Waals surface area contributed by atoms with Gasteiger partial charge in [0.15, 0.2) is 0 Å². The van der Waals surface area contributed by atoms with Crippen LogP contribution in [0.3, 0.4) is 0 Å². The summed E-state index contributed by atoms with van der Waals surface area (Å²) in [7, 11) is 0. The lowest BCUT2D eigenvalue weighted by molar-refractivity contribution is -0.132. The van der Waals surface area contributed by atoms with Gasteiger partial charge in [0.2, 0.25) is 11.8 Å². The van der Waals surface area contributed by atoms with Gasteiger partial charge in [-0.1, -0.05) is 25.7 Å². The molecule has 0 aliphatic carbocycles. The second-order valence-electron chi connectivity index (χ2n) is 5.81. The van der Waals surface area contributed by atoms with E-state index in [1.54, 1.807) is 6.07 Å². The Kier molecular flexibility index (Phi) is 4.10. The van der Waals surface area contributed by atoms with Crippen LogP contribution in [0.1, 0.15) is 32.3 Å². The highest BCUT2D eigenvalue weighted by Crippen LogP contribution is 2.34. The average Bonchev–Trinajstić information content (AvgIpc) is 2.36. The number of hydrogen-bond acceptors (Lipinski definition) is 3. The predicted molar refractivity (Wildman–Crippen MR) is 77.8 cm³/mol. The summed E-state index contributed by atoms with van der Waals surface area (Å²) in [5, 5.41) is 0. The molecule has 1 aromatic carbocycles. The lowest BCUT2D eigenvalue weighted by Crippen LogP contribution is -2.46. The van der Waals surface area contributed by atoms with Crippen molar-refractivity contribution in [3.8, 4) is 11.8 Å². The van der Waals surface area contributed by atoms with Crippen molar-refractivity contribution in [2.75, 3.05) is 11.4 Å². The van der Waals surface area contributed by atoms with Crippen molar-refractivity contribution >= 4 is 17.5 Å². The van der Waals surface area contributed by atoms with E-state index >= 15 is 0 Å². The van der Waals surface area contributed by atoms with E-state index < -0.39 is 5.82 Å². The first-order valence-electron chi connectivity index (χ1n) is 6.68. The van der Waals surface area contributed by atoms with Crippen molar-refractivity contribution in [2.45, 2.75) is 26.7 Å². The quantitative estimate of drug-likeness (QED) is 0.633. The molecule has 21 heavy (non-hydrogen) atoms. The molecule has 1 heterocycles. The maximum Gasteiger partial charge on any atom is 0.234 e. The molecule has 2 N–H and O–H groups in total. The van der Waals surface area contributed by atoms with Gasteiger partial charge in [-0.25, -0.2) is 9.29 Å². The number of imide groups is 1. The molecule has 0 atom stereocenters. The van der Waals surface area contributed by atoms with Gasteiger partial charge in [0.25, 0.3) is 0 Å². The number of carbonyl (C=O) groups excluding carboxylic acids is 2. The average molecular weight is 288 g/mol. The van der Waals surface area contributed by atoms with E-state index in [4.69, 9.17) is 5.73 Å². The van der Waals surface area contributed by atoms with Crippen LogP contribution in [0, 0.1) is 23.1 Å². The van der Waals surface area contributed by atoms with Crippen LogP contribution in [0.5, 0.6) is 0 Å². The molecule has 0 unspecified atom stereocenters. The van der Waals surface area contributed by atoms with E-state index in [-0.39, 0.29) is 42.3 Å². The highest BCUT2D eigenvalue weighted by atomic mass is 19.1. The van der Waals surface area contributed by atoms with Crippen LogP contribution in [0.2, 0.25) is 0 Å². The summed E-state index contributed by atoms with van der Waals surface area (Å²) < 4.78 is 14.2. The van der Waals surface area contributed by atoms with Crippen LogP contribution >= 0.6 is 0 Å². The summed E-state index contributed by atoms with van der Waals surface area (Å²) in [6.07, 6.45) is 0.430. The van der Waals surface area contributed by atoms with E-state index in [1.807, 2.05) is 13.8 Å². The van der Waals surface area contributed by atoms with Crippen molar-refractivity contribution in [3.05, 3.63) is 29.6 Å². The number of nitrogens with two attached hydrogens (primary N) is 1. The molecule has 0 spiro atoms. The Labute approximate surface area is 123 Å². The largest absolute Gasteiger partial charge is 0.320 e. The van der Waals surface area contributed by atoms with Gasteiger partial charge in [0.05, 0.1) is 12.2 Å². The Balaban J connectivity index is 2.34. The minimum Gasteiger partial charge on any atom is -0.320 e. The van der Waals surface area contributed by atoms with Crippen molar-refractivity contribution in [2.24, 2.45) is 11.1 Å². The summed E-state index contributed by atoms with van der Waals surface area (Å²) in [4.78, 5) is 25.2. The highest BCUT2D eigenvalue weighted by Gasteiger charge is 2.39. The third kappa shape index (κ3) is 3.29. The molecule has 1 fully saturated rings. The second-order valence-corrected chi connectivity index (χ2v) is 5.81. The fourth-order valence-electron chi connectivity index (χ4n) is 2.37. The standard InChI is InChI=1S/C16H17FN2O2/c1-16(2)9-14(20)19(15(21)10-16)13-6-5-11(4-3-7-18)8-12(13)17/h5-6,8H,7,9-10,18H2,1-2H3. The normalized spacial score (nSPS) is 17.4. The van der Waals surface area contributed by atoms with Crippen LogP contribution < -0.4 is 10.6 Å².